The normalized spacial score (nSPS) is 17.1. The number of unbranched alkanes of at least 4 members (excludes halogenated alkanes) is 1. The van der Waals surface area contributed by atoms with Crippen molar-refractivity contribution in [2.45, 2.75) is 35.6 Å². The van der Waals surface area contributed by atoms with Gasteiger partial charge in [0.05, 0.1) is 22.6 Å². The quantitative estimate of drug-likeness (QED) is 0.210. The van der Waals surface area contributed by atoms with Crippen molar-refractivity contribution >= 4 is 32.2 Å². The van der Waals surface area contributed by atoms with E-state index < -0.39 is 32.0 Å². The summed E-state index contributed by atoms with van der Waals surface area (Å²) in [5, 5.41) is 4.00. The molecule has 0 unspecified atom stereocenters. The molecule has 1 atom stereocenters. The van der Waals surface area contributed by atoms with Gasteiger partial charge in [0.1, 0.15) is 11.8 Å². The summed E-state index contributed by atoms with van der Waals surface area (Å²) in [6, 6.07) is 21.3. The summed E-state index contributed by atoms with van der Waals surface area (Å²) in [5.41, 5.74) is 3.08. The van der Waals surface area contributed by atoms with E-state index in [2.05, 4.69) is 17.5 Å². The molecule has 1 N–H and O–H groups in total. The Kier molecular flexibility index (Phi) is 9.69. The molecule has 0 saturated carbocycles. The number of carbonyl (C=O) groups excluding carboxylic acids is 1. The molecule has 3 aromatic carbocycles. The average Bonchev–Trinajstić information content (AvgIpc) is 2.98. The molecular weight excluding hydrogens is 552 g/mol. The SMILES string of the molecule is CCCCOc1ccc(/C=N\NC(=O)[C@H]2CN(S(=O)(=O)c3ccccc3)CCN2S(=O)(=O)c2ccccc2)cc1. The van der Waals surface area contributed by atoms with Crippen molar-refractivity contribution in [3.05, 3.63) is 90.5 Å². The van der Waals surface area contributed by atoms with E-state index in [1.54, 1.807) is 60.7 Å². The molecule has 10 nitrogen and oxygen atoms in total. The molecule has 12 heteroatoms. The van der Waals surface area contributed by atoms with Crippen molar-refractivity contribution in [2.75, 3.05) is 26.2 Å². The second-order valence-corrected chi connectivity index (χ2v) is 13.0. The van der Waals surface area contributed by atoms with E-state index in [1.807, 2.05) is 0 Å². The highest BCUT2D eigenvalue weighted by molar-refractivity contribution is 7.89. The zero-order valence-electron chi connectivity index (χ0n) is 22.1. The van der Waals surface area contributed by atoms with Crippen LogP contribution in [-0.4, -0.2) is 69.9 Å². The highest BCUT2D eigenvalue weighted by Gasteiger charge is 2.43. The summed E-state index contributed by atoms with van der Waals surface area (Å²) in [4.78, 5) is 13.4. The maximum absolute atomic E-state index is 13.5. The Bertz CT molecular complexity index is 1510. The first-order valence-electron chi connectivity index (χ1n) is 12.9. The van der Waals surface area contributed by atoms with E-state index >= 15 is 0 Å². The Labute approximate surface area is 235 Å². The Morgan fingerprint density at radius 3 is 2.10 bits per heavy atom. The minimum Gasteiger partial charge on any atom is -0.494 e. The third-order valence-corrected chi connectivity index (χ3v) is 10.2. The number of carbonyl (C=O) groups is 1. The van der Waals surface area contributed by atoms with Gasteiger partial charge in [-0.25, -0.2) is 22.3 Å². The molecule has 212 valence electrons. The van der Waals surface area contributed by atoms with Crippen LogP contribution in [-0.2, 0) is 24.8 Å². The molecule has 3 aromatic rings. The van der Waals surface area contributed by atoms with Gasteiger partial charge < -0.3 is 4.74 Å². The van der Waals surface area contributed by atoms with Crippen LogP contribution in [0.15, 0.2) is 99.8 Å². The Morgan fingerprint density at radius 2 is 1.50 bits per heavy atom. The van der Waals surface area contributed by atoms with E-state index in [4.69, 9.17) is 4.74 Å². The molecule has 0 aliphatic carbocycles. The molecule has 40 heavy (non-hydrogen) atoms. The second-order valence-electron chi connectivity index (χ2n) is 9.13. The van der Waals surface area contributed by atoms with Crippen LogP contribution < -0.4 is 10.2 Å². The Balaban J connectivity index is 1.53. The molecule has 1 amide bonds. The van der Waals surface area contributed by atoms with Crippen molar-refractivity contribution in [3.8, 4) is 5.75 Å². The van der Waals surface area contributed by atoms with Crippen LogP contribution in [0.5, 0.6) is 5.75 Å². The fourth-order valence-corrected chi connectivity index (χ4v) is 7.21. The topological polar surface area (TPSA) is 125 Å². The number of nitrogens with one attached hydrogen (secondary N) is 1. The van der Waals surface area contributed by atoms with Crippen LogP contribution in [0.25, 0.3) is 0 Å². The van der Waals surface area contributed by atoms with Gasteiger partial charge in [-0.2, -0.15) is 13.7 Å². The minimum atomic E-state index is -4.10. The van der Waals surface area contributed by atoms with E-state index in [9.17, 15) is 21.6 Å². The van der Waals surface area contributed by atoms with Gasteiger partial charge in [-0.05, 0) is 60.5 Å². The number of sulfonamides is 2. The van der Waals surface area contributed by atoms with Gasteiger partial charge in [0, 0.05) is 19.6 Å². The molecule has 0 bridgehead atoms. The van der Waals surface area contributed by atoms with Crippen molar-refractivity contribution in [3.63, 3.8) is 0 Å². The third kappa shape index (κ3) is 6.94. The highest BCUT2D eigenvalue weighted by Crippen LogP contribution is 2.25. The number of hydrazone groups is 1. The largest absolute Gasteiger partial charge is 0.494 e. The average molecular weight is 585 g/mol. The van der Waals surface area contributed by atoms with Gasteiger partial charge in [-0.1, -0.05) is 49.7 Å². The number of ether oxygens (including phenoxy) is 1. The Hall–Kier alpha value is -3.58. The number of hydrogen-bond acceptors (Lipinski definition) is 7. The lowest BCUT2D eigenvalue weighted by atomic mass is 10.2. The molecule has 1 aliphatic rings. The maximum atomic E-state index is 13.5. The maximum Gasteiger partial charge on any atom is 0.259 e. The van der Waals surface area contributed by atoms with E-state index in [-0.39, 0.29) is 29.4 Å². The van der Waals surface area contributed by atoms with Gasteiger partial charge in [0.25, 0.3) is 5.91 Å². The van der Waals surface area contributed by atoms with Crippen molar-refractivity contribution in [1.82, 2.24) is 14.0 Å². The summed E-state index contributed by atoms with van der Waals surface area (Å²) in [6.07, 6.45) is 3.41. The standard InChI is InChI=1S/C28H32N4O6S2/c1-2-3-20-38-24-16-14-23(15-17-24)21-29-30-28(33)27-22-31(39(34,35)25-10-6-4-7-11-25)18-19-32(27)40(36,37)26-12-8-5-9-13-26/h4-17,21,27H,2-3,18-20,22H2,1H3,(H,30,33)/b29-21-/t27-/m1/s1. The molecule has 1 aliphatic heterocycles. The van der Waals surface area contributed by atoms with E-state index in [0.717, 1.165) is 27.2 Å². The Morgan fingerprint density at radius 1 is 0.900 bits per heavy atom. The second kappa shape index (κ2) is 13.2. The number of hydrogen-bond donors (Lipinski definition) is 1. The molecule has 1 heterocycles. The zero-order valence-corrected chi connectivity index (χ0v) is 23.7. The number of amides is 1. The predicted molar refractivity (Wildman–Crippen MR) is 152 cm³/mol. The molecule has 4 rings (SSSR count). The molecule has 0 radical (unpaired) electrons. The molecule has 1 fully saturated rings. The van der Waals surface area contributed by atoms with Crippen molar-refractivity contribution in [2.24, 2.45) is 5.10 Å². The van der Waals surface area contributed by atoms with E-state index in [1.165, 1.54) is 30.5 Å². The van der Waals surface area contributed by atoms with Crippen molar-refractivity contribution < 1.29 is 26.4 Å². The minimum absolute atomic E-state index is 0.0110. The van der Waals surface area contributed by atoms with Crippen LogP contribution in [0.2, 0.25) is 0 Å². The molecule has 1 saturated heterocycles. The first-order valence-corrected chi connectivity index (χ1v) is 15.8. The summed E-state index contributed by atoms with van der Waals surface area (Å²) >= 11 is 0. The molecule has 0 spiro atoms. The zero-order chi connectivity index (χ0) is 28.6. The fraction of sp³-hybridized carbons (Fsp3) is 0.286. The predicted octanol–water partition coefficient (Wildman–Crippen LogP) is 3.08. The van der Waals surface area contributed by atoms with Crippen LogP contribution in [0.3, 0.4) is 0 Å². The number of piperazine rings is 1. The van der Waals surface area contributed by atoms with Gasteiger partial charge in [-0.3, -0.25) is 4.79 Å². The van der Waals surface area contributed by atoms with Crippen LogP contribution in [0.4, 0.5) is 0 Å². The van der Waals surface area contributed by atoms with Crippen LogP contribution >= 0.6 is 0 Å². The number of benzene rings is 3. The summed E-state index contributed by atoms with van der Waals surface area (Å²) in [5.74, 6) is -0.0263. The van der Waals surface area contributed by atoms with Gasteiger partial charge >= 0.3 is 0 Å². The van der Waals surface area contributed by atoms with Gasteiger partial charge in [0.2, 0.25) is 20.0 Å². The summed E-state index contributed by atoms with van der Waals surface area (Å²) in [7, 11) is -8.05. The lowest BCUT2D eigenvalue weighted by molar-refractivity contribution is -0.125. The smallest absolute Gasteiger partial charge is 0.259 e. The van der Waals surface area contributed by atoms with Crippen molar-refractivity contribution in [1.29, 1.82) is 0 Å². The van der Waals surface area contributed by atoms with Crippen LogP contribution in [0, 0.1) is 0 Å². The van der Waals surface area contributed by atoms with Crippen LogP contribution in [0.1, 0.15) is 25.3 Å². The number of nitrogens with zero attached hydrogens (tertiary/aromatic N) is 3. The highest BCUT2D eigenvalue weighted by atomic mass is 32.2. The van der Waals surface area contributed by atoms with Gasteiger partial charge in [-0.15, -0.1) is 0 Å². The van der Waals surface area contributed by atoms with Gasteiger partial charge in [0.15, 0.2) is 0 Å². The monoisotopic (exact) mass is 584 g/mol. The first-order chi connectivity index (χ1) is 19.2. The molecule has 0 aromatic heterocycles. The lowest BCUT2D eigenvalue weighted by Crippen LogP contribution is -2.60. The lowest BCUT2D eigenvalue weighted by Gasteiger charge is -2.38. The fourth-order valence-electron chi connectivity index (χ4n) is 4.16. The number of rotatable bonds is 11. The third-order valence-electron chi connectivity index (χ3n) is 6.36. The molecular formula is C28H32N4O6S2. The van der Waals surface area contributed by atoms with E-state index in [0.29, 0.717) is 12.2 Å². The first kappa shape index (κ1) is 29.4. The summed E-state index contributed by atoms with van der Waals surface area (Å²) in [6.45, 7) is 2.03. The summed E-state index contributed by atoms with van der Waals surface area (Å²) < 4.78 is 61.3.